The van der Waals surface area contributed by atoms with Crippen molar-refractivity contribution in [3.63, 3.8) is 0 Å². The van der Waals surface area contributed by atoms with E-state index in [0.717, 1.165) is 25.2 Å². The molecule has 0 radical (unpaired) electrons. The molecule has 0 aromatic carbocycles. The highest BCUT2D eigenvalue weighted by Gasteiger charge is 2.43. The number of rotatable bonds is 4. The maximum absolute atomic E-state index is 8.94. The molecule has 0 amide bonds. The fourth-order valence-corrected chi connectivity index (χ4v) is 5.54. The molecule has 0 aromatic heterocycles. The second-order valence-corrected chi connectivity index (χ2v) is 7.79. The Morgan fingerprint density at radius 2 is 2.14 bits per heavy atom. The number of nitrogens with zero attached hydrogens (tertiary/aromatic N) is 2. The van der Waals surface area contributed by atoms with Gasteiger partial charge in [-0.25, -0.2) is 0 Å². The smallest absolute Gasteiger partial charge is 0.153 e. The van der Waals surface area contributed by atoms with Crippen molar-refractivity contribution in [2.45, 2.75) is 62.6 Å². The third-order valence-electron chi connectivity index (χ3n) is 5.27. The van der Waals surface area contributed by atoms with Gasteiger partial charge in [-0.3, -0.25) is 4.90 Å². The van der Waals surface area contributed by atoms with E-state index in [2.05, 4.69) is 10.1 Å². The Balaban J connectivity index is 1.71. The molecule has 1 spiro atoms. The van der Waals surface area contributed by atoms with Crippen molar-refractivity contribution in [3.8, 4) is 0 Å². The Kier molecular flexibility index (Phi) is 4.96. The molecular formula is C15H27N3O2S. The summed E-state index contributed by atoms with van der Waals surface area (Å²) in [5.41, 5.74) is 5.91. The second kappa shape index (κ2) is 6.75. The molecule has 1 saturated carbocycles. The van der Waals surface area contributed by atoms with Crippen molar-refractivity contribution >= 4 is 17.6 Å². The van der Waals surface area contributed by atoms with Gasteiger partial charge in [0, 0.05) is 24.4 Å². The SMILES string of the molecule is NC(CN(C1CCCC1)C1CCOC2(CCSC2)C1)=NO. The number of hydrogen-bond donors (Lipinski definition) is 2. The van der Waals surface area contributed by atoms with Crippen LogP contribution in [0.2, 0.25) is 0 Å². The van der Waals surface area contributed by atoms with Crippen LogP contribution < -0.4 is 5.73 Å². The quantitative estimate of drug-likeness (QED) is 0.360. The van der Waals surface area contributed by atoms with E-state index in [4.69, 9.17) is 15.7 Å². The topological polar surface area (TPSA) is 71.1 Å². The highest BCUT2D eigenvalue weighted by Crippen LogP contribution is 2.40. The summed E-state index contributed by atoms with van der Waals surface area (Å²) in [4.78, 5) is 2.51. The molecule has 1 aliphatic carbocycles. The van der Waals surface area contributed by atoms with Gasteiger partial charge in [-0.1, -0.05) is 18.0 Å². The van der Waals surface area contributed by atoms with Gasteiger partial charge in [0.25, 0.3) is 0 Å². The maximum atomic E-state index is 8.94. The molecular weight excluding hydrogens is 286 g/mol. The van der Waals surface area contributed by atoms with Gasteiger partial charge in [0.2, 0.25) is 0 Å². The van der Waals surface area contributed by atoms with E-state index in [1.54, 1.807) is 0 Å². The number of oxime groups is 1. The Morgan fingerprint density at radius 1 is 1.33 bits per heavy atom. The van der Waals surface area contributed by atoms with E-state index in [1.165, 1.54) is 37.9 Å². The Morgan fingerprint density at radius 3 is 2.81 bits per heavy atom. The van der Waals surface area contributed by atoms with Gasteiger partial charge in [-0.15, -0.1) is 0 Å². The Hall–Kier alpha value is -0.460. The van der Waals surface area contributed by atoms with Crippen LogP contribution in [-0.4, -0.2) is 58.3 Å². The third-order valence-corrected chi connectivity index (χ3v) is 6.49. The van der Waals surface area contributed by atoms with Crippen molar-refractivity contribution in [1.29, 1.82) is 0 Å². The minimum Gasteiger partial charge on any atom is -0.409 e. The fourth-order valence-electron chi connectivity index (χ4n) is 4.16. The van der Waals surface area contributed by atoms with Gasteiger partial charge in [-0.05, 0) is 37.9 Å². The molecule has 0 bridgehead atoms. The number of amidine groups is 1. The predicted molar refractivity (Wildman–Crippen MR) is 86.0 cm³/mol. The molecule has 0 aromatic rings. The van der Waals surface area contributed by atoms with Crippen LogP contribution in [0.15, 0.2) is 5.16 Å². The van der Waals surface area contributed by atoms with E-state index in [-0.39, 0.29) is 5.60 Å². The molecule has 6 heteroatoms. The van der Waals surface area contributed by atoms with E-state index >= 15 is 0 Å². The molecule has 2 saturated heterocycles. The van der Waals surface area contributed by atoms with E-state index in [0.29, 0.717) is 24.5 Å². The van der Waals surface area contributed by atoms with Gasteiger partial charge < -0.3 is 15.7 Å². The fraction of sp³-hybridized carbons (Fsp3) is 0.933. The second-order valence-electron chi connectivity index (χ2n) is 6.68. The zero-order chi connectivity index (χ0) is 14.7. The molecule has 5 nitrogen and oxygen atoms in total. The first-order valence-electron chi connectivity index (χ1n) is 8.16. The zero-order valence-electron chi connectivity index (χ0n) is 12.7. The summed E-state index contributed by atoms with van der Waals surface area (Å²) in [6.45, 7) is 1.44. The summed E-state index contributed by atoms with van der Waals surface area (Å²) < 4.78 is 6.14. The first-order chi connectivity index (χ1) is 10.2. The van der Waals surface area contributed by atoms with Crippen LogP contribution in [0.5, 0.6) is 0 Å². The predicted octanol–water partition coefficient (Wildman–Crippen LogP) is 2.03. The summed E-state index contributed by atoms with van der Waals surface area (Å²) in [6.07, 6.45) is 8.46. The van der Waals surface area contributed by atoms with E-state index < -0.39 is 0 Å². The highest BCUT2D eigenvalue weighted by atomic mass is 32.2. The largest absolute Gasteiger partial charge is 0.409 e. The maximum Gasteiger partial charge on any atom is 0.153 e. The lowest BCUT2D eigenvalue weighted by Crippen LogP contribution is -2.53. The molecule has 2 atom stereocenters. The van der Waals surface area contributed by atoms with Gasteiger partial charge in [-0.2, -0.15) is 11.8 Å². The lowest BCUT2D eigenvalue weighted by Gasteiger charge is -2.44. The summed E-state index contributed by atoms with van der Waals surface area (Å²) in [5.74, 6) is 2.69. The first-order valence-corrected chi connectivity index (χ1v) is 9.32. The normalized spacial score (nSPS) is 35.1. The Bertz CT molecular complexity index is 379. The van der Waals surface area contributed by atoms with Crippen LogP contribution in [-0.2, 0) is 4.74 Å². The minimum absolute atomic E-state index is 0.0928. The number of thioether (sulfide) groups is 1. The monoisotopic (exact) mass is 313 g/mol. The van der Waals surface area contributed by atoms with Crippen molar-refractivity contribution in [2.24, 2.45) is 10.9 Å². The average molecular weight is 313 g/mol. The Labute approximate surface area is 131 Å². The van der Waals surface area contributed by atoms with Crippen molar-refractivity contribution in [3.05, 3.63) is 0 Å². The summed E-state index contributed by atoms with van der Waals surface area (Å²) >= 11 is 2.01. The molecule has 2 heterocycles. The lowest BCUT2D eigenvalue weighted by atomic mass is 9.88. The van der Waals surface area contributed by atoms with Crippen LogP contribution in [0.25, 0.3) is 0 Å². The minimum atomic E-state index is 0.0928. The van der Waals surface area contributed by atoms with Crippen LogP contribution in [0.3, 0.4) is 0 Å². The van der Waals surface area contributed by atoms with Crippen molar-refractivity contribution < 1.29 is 9.94 Å². The summed E-state index contributed by atoms with van der Waals surface area (Å²) in [6, 6.07) is 1.11. The molecule has 2 unspecified atom stereocenters. The molecule has 2 aliphatic heterocycles. The average Bonchev–Trinajstić information content (AvgIpc) is 3.17. The molecule has 3 N–H and O–H groups in total. The van der Waals surface area contributed by atoms with Crippen LogP contribution in [0, 0.1) is 0 Å². The lowest BCUT2D eigenvalue weighted by molar-refractivity contribution is -0.0927. The van der Waals surface area contributed by atoms with Crippen LogP contribution >= 0.6 is 11.8 Å². The molecule has 120 valence electrons. The summed E-state index contributed by atoms with van der Waals surface area (Å²) in [5, 5.41) is 12.1. The van der Waals surface area contributed by atoms with Crippen LogP contribution in [0.1, 0.15) is 44.9 Å². The third kappa shape index (κ3) is 3.48. The van der Waals surface area contributed by atoms with Crippen molar-refractivity contribution in [2.75, 3.05) is 24.7 Å². The zero-order valence-corrected chi connectivity index (χ0v) is 13.5. The summed E-state index contributed by atoms with van der Waals surface area (Å²) in [7, 11) is 0. The van der Waals surface area contributed by atoms with Crippen molar-refractivity contribution in [1.82, 2.24) is 4.90 Å². The van der Waals surface area contributed by atoms with E-state index in [1.807, 2.05) is 11.8 Å². The highest BCUT2D eigenvalue weighted by molar-refractivity contribution is 7.99. The molecule has 3 fully saturated rings. The molecule has 3 rings (SSSR count). The van der Waals surface area contributed by atoms with Gasteiger partial charge in [0.1, 0.15) is 0 Å². The van der Waals surface area contributed by atoms with Gasteiger partial charge >= 0.3 is 0 Å². The molecule has 21 heavy (non-hydrogen) atoms. The molecule has 3 aliphatic rings. The number of hydrogen-bond acceptors (Lipinski definition) is 5. The standard InChI is InChI=1S/C15H27N3O2S/c16-14(17-19)10-18(12-3-1-2-4-12)13-5-7-20-15(9-13)6-8-21-11-15/h12-13,19H,1-11H2,(H2,16,17). The van der Waals surface area contributed by atoms with Gasteiger partial charge in [0.05, 0.1) is 12.1 Å². The number of nitrogens with two attached hydrogens (primary N) is 1. The first kappa shape index (κ1) is 15.4. The van der Waals surface area contributed by atoms with Gasteiger partial charge in [0.15, 0.2) is 5.84 Å². The number of ether oxygens (including phenoxy) is 1. The van der Waals surface area contributed by atoms with Crippen LogP contribution in [0.4, 0.5) is 0 Å². The van der Waals surface area contributed by atoms with E-state index in [9.17, 15) is 0 Å².